The fourth-order valence-electron chi connectivity index (χ4n) is 2.86. The van der Waals surface area contributed by atoms with Crippen molar-refractivity contribution in [3.63, 3.8) is 0 Å². The van der Waals surface area contributed by atoms with Gasteiger partial charge in [0.15, 0.2) is 11.9 Å². The van der Waals surface area contributed by atoms with Crippen LogP contribution in [0.4, 0.5) is 0 Å². The SMILES string of the molecule is O=C(OC1CCCC1=O)c1ccc(Cl)c(S(=O)(=O)N2CCOCC2)c1. The van der Waals surface area contributed by atoms with Gasteiger partial charge in [0, 0.05) is 19.5 Å². The topological polar surface area (TPSA) is 90.0 Å². The summed E-state index contributed by atoms with van der Waals surface area (Å²) in [5.41, 5.74) is 0.0518. The molecule has 1 unspecified atom stereocenters. The lowest BCUT2D eigenvalue weighted by Gasteiger charge is -2.26. The van der Waals surface area contributed by atoms with Crippen LogP contribution in [0.5, 0.6) is 0 Å². The maximum absolute atomic E-state index is 12.8. The molecule has 2 aliphatic rings. The lowest BCUT2D eigenvalue weighted by molar-refractivity contribution is -0.124. The first-order valence-electron chi connectivity index (χ1n) is 8.01. The average molecular weight is 388 g/mol. The molecule has 3 rings (SSSR count). The number of benzene rings is 1. The van der Waals surface area contributed by atoms with E-state index < -0.39 is 22.1 Å². The highest BCUT2D eigenvalue weighted by Gasteiger charge is 2.31. The van der Waals surface area contributed by atoms with Gasteiger partial charge in [-0.2, -0.15) is 4.31 Å². The van der Waals surface area contributed by atoms with Gasteiger partial charge in [-0.15, -0.1) is 0 Å². The first-order chi connectivity index (χ1) is 11.9. The predicted molar refractivity (Wildman–Crippen MR) is 89.1 cm³/mol. The van der Waals surface area contributed by atoms with E-state index in [1.807, 2.05) is 0 Å². The molecule has 136 valence electrons. The second kappa shape index (κ2) is 7.41. The Morgan fingerprint density at radius 2 is 2.00 bits per heavy atom. The standard InChI is InChI=1S/C16H18ClNO6S/c17-12-5-4-11(16(20)24-14-3-1-2-13(14)19)10-15(12)25(21,22)18-6-8-23-9-7-18/h4-5,10,14H,1-3,6-9H2. The zero-order valence-corrected chi connectivity index (χ0v) is 15.0. The van der Waals surface area contributed by atoms with E-state index in [0.29, 0.717) is 32.5 Å². The summed E-state index contributed by atoms with van der Waals surface area (Å²) in [6.07, 6.45) is 0.836. The molecule has 0 bridgehead atoms. The predicted octanol–water partition coefficient (Wildman–Crippen LogP) is 1.64. The van der Waals surface area contributed by atoms with E-state index in [1.54, 1.807) is 0 Å². The van der Waals surface area contributed by atoms with Crippen LogP contribution in [0.25, 0.3) is 0 Å². The van der Waals surface area contributed by atoms with Gasteiger partial charge in [-0.25, -0.2) is 13.2 Å². The summed E-state index contributed by atoms with van der Waals surface area (Å²) in [7, 11) is -3.84. The molecule has 1 aromatic rings. The first kappa shape index (κ1) is 18.3. The van der Waals surface area contributed by atoms with Gasteiger partial charge in [-0.05, 0) is 31.0 Å². The number of hydrogen-bond donors (Lipinski definition) is 0. The molecular weight excluding hydrogens is 370 g/mol. The monoisotopic (exact) mass is 387 g/mol. The molecule has 1 aromatic carbocycles. The molecule has 1 saturated heterocycles. The number of nitrogens with zero attached hydrogens (tertiary/aromatic N) is 1. The van der Waals surface area contributed by atoms with Gasteiger partial charge < -0.3 is 9.47 Å². The Labute approximate surface area is 150 Å². The molecule has 0 radical (unpaired) electrons. The molecule has 1 aliphatic carbocycles. The van der Waals surface area contributed by atoms with Crippen LogP contribution in [0.1, 0.15) is 29.6 Å². The third-order valence-corrected chi connectivity index (χ3v) is 6.63. The van der Waals surface area contributed by atoms with Crippen molar-refractivity contribution in [3.05, 3.63) is 28.8 Å². The molecule has 0 aromatic heterocycles. The Hall–Kier alpha value is -1.48. The van der Waals surface area contributed by atoms with E-state index in [-0.39, 0.29) is 34.4 Å². The quantitative estimate of drug-likeness (QED) is 0.729. The van der Waals surface area contributed by atoms with E-state index in [9.17, 15) is 18.0 Å². The van der Waals surface area contributed by atoms with Crippen LogP contribution in [0.15, 0.2) is 23.1 Å². The minimum Gasteiger partial charge on any atom is -0.451 e. The highest BCUT2D eigenvalue weighted by Crippen LogP contribution is 2.27. The number of rotatable bonds is 4. The molecule has 1 aliphatic heterocycles. The molecule has 7 nitrogen and oxygen atoms in total. The van der Waals surface area contributed by atoms with Crippen molar-refractivity contribution in [2.45, 2.75) is 30.3 Å². The van der Waals surface area contributed by atoms with Crippen LogP contribution in [0, 0.1) is 0 Å². The van der Waals surface area contributed by atoms with E-state index in [2.05, 4.69) is 0 Å². The summed E-state index contributed by atoms with van der Waals surface area (Å²) < 4.78 is 37.2. The van der Waals surface area contributed by atoms with Crippen molar-refractivity contribution < 1.29 is 27.5 Å². The summed E-state index contributed by atoms with van der Waals surface area (Å²) in [6, 6.07) is 3.94. The van der Waals surface area contributed by atoms with Crippen LogP contribution >= 0.6 is 11.6 Å². The number of carbonyl (C=O) groups is 2. The number of carbonyl (C=O) groups excluding carboxylic acids is 2. The molecule has 2 fully saturated rings. The van der Waals surface area contributed by atoms with Crippen molar-refractivity contribution >= 4 is 33.4 Å². The largest absolute Gasteiger partial charge is 0.451 e. The number of ketones is 1. The number of Topliss-reactive ketones (excluding diaryl/α,β-unsaturated/α-hetero) is 1. The number of hydrogen-bond acceptors (Lipinski definition) is 6. The number of esters is 1. The maximum atomic E-state index is 12.8. The van der Waals surface area contributed by atoms with Crippen LogP contribution in [0.3, 0.4) is 0 Å². The zero-order chi connectivity index (χ0) is 18.0. The minimum atomic E-state index is -3.84. The third kappa shape index (κ3) is 3.87. The number of ether oxygens (including phenoxy) is 2. The van der Waals surface area contributed by atoms with Crippen LogP contribution in [0.2, 0.25) is 5.02 Å². The van der Waals surface area contributed by atoms with E-state index in [0.717, 1.165) is 0 Å². The Bertz CT molecular complexity index is 788. The Balaban J connectivity index is 1.84. The van der Waals surface area contributed by atoms with Gasteiger partial charge in [0.1, 0.15) is 4.90 Å². The lowest BCUT2D eigenvalue weighted by atomic mass is 10.2. The van der Waals surface area contributed by atoms with Crippen molar-refractivity contribution in [1.82, 2.24) is 4.31 Å². The van der Waals surface area contributed by atoms with E-state index >= 15 is 0 Å². The summed E-state index contributed by atoms with van der Waals surface area (Å²) in [5.74, 6) is -0.834. The molecule has 9 heteroatoms. The van der Waals surface area contributed by atoms with Gasteiger partial charge in [0.25, 0.3) is 0 Å². The van der Waals surface area contributed by atoms with E-state index in [1.165, 1.54) is 22.5 Å². The fourth-order valence-corrected chi connectivity index (χ4v) is 4.77. The smallest absolute Gasteiger partial charge is 0.338 e. The van der Waals surface area contributed by atoms with Crippen molar-refractivity contribution in [2.24, 2.45) is 0 Å². The Morgan fingerprint density at radius 3 is 2.64 bits per heavy atom. The van der Waals surface area contributed by atoms with Crippen molar-refractivity contribution in [3.8, 4) is 0 Å². The molecular formula is C16H18ClNO6S. The van der Waals surface area contributed by atoms with Crippen LogP contribution < -0.4 is 0 Å². The summed E-state index contributed by atoms with van der Waals surface area (Å²) in [5, 5.41) is 0.0278. The van der Waals surface area contributed by atoms with Gasteiger partial charge in [0.05, 0.1) is 23.8 Å². The van der Waals surface area contributed by atoms with Crippen LogP contribution in [-0.2, 0) is 24.3 Å². The van der Waals surface area contributed by atoms with Gasteiger partial charge in [-0.1, -0.05) is 11.6 Å². The lowest BCUT2D eigenvalue weighted by Crippen LogP contribution is -2.40. The molecule has 1 saturated carbocycles. The van der Waals surface area contributed by atoms with Crippen molar-refractivity contribution in [1.29, 1.82) is 0 Å². The van der Waals surface area contributed by atoms with Gasteiger partial charge in [0.2, 0.25) is 10.0 Å². The van der Waals surface area contributed by atoms with Crippen molar-refractivity contribution in [2.75, 3.05) is 26.3 Å². The molecule has 1 heterocycles. The molecule has 0 N–H and O–H groups in total. The van der Waals surface area contributed by atoms with Gasteiger partial charge >= 0.3 is 5.97 Å². The maximum Gasteiger partial charge on any atom is 0.338 e. The molecule has 25 heavy (non-hydrogen) atoms. The summed E-state index contributed by atoms with van der Waals surface area (Å²) in [4.78, 5) is 23.7. The third-order valence-electron chi connectivity index (χ3n) is 4.25. The molecule has 1 atom stereocenters. The number of halogens is 1. The fraction of sp³-hybridized carbons (Fsp3) is 0.500. The summed E-state index contributed by atoms with van der Waals surface area (Å²) in [6.45, 7) is 1.07. The number of sulfonamides is 1. The normalized spacial score (nSPS) is 22.1. The number of morpholine rings is 1. The Kier molecular flexibility index (Phi) is 5.43. The van der Waals surface area contributed by atoms with E-state index in [4.69, 9.17) is 21.1 Å². The molecule has 0 spiro atoms. The highest BCUT2D eigenvalue weighted by molar-refractivity contribution is 7.89. The zero-order valence-electron chi connectivity index (χ0n) is 13.4. The minimum absolute atomic E-state index is 0.0278. The Morgan fingerprint density at radius 1 is 1.28 bits per heavy atom. The van der Waals surface area contributed by atoms with Crippen LogP contribution in [-0.4, -0.2) is 56.9 Å². The second-order valence-corrected chi connectivity index (χ2v) is 8.23. The first-order valence-corrected chi connectivity index (χ1v) is 9.82. The second-order valence-electron chi connectivity index (χ2n) is 5.91. The van der Waals surface area contributed by atoms with Gasteiger partial charge in [-0.3, -0.25) is 4.79 Å². The molecule has 0 amide bonds. The average Bonchev–Trinajstić information content (AvgIpc) is 3.00. The summed E-state index contributed by atoms with van der Waals surface area (Å²) >= 11 is 6.05. The highest BCUT2D eigenvalue weighted by atomic mass is 35.5.